The van der Waals surface area contributed by atoms with Crippen LogP contribution < -0.4 is 9.47 Å². The van der Waals surface area contributed by atoms with Crippen molar-refractivity contribution < 1.29 is 28.9 Å². The third-order valence-electron chi connectivity index (χ3n) is 6.12. The van der Waals surface area contributed by atoms with Crippen LogP contribution in [0.25, 0.3) is 0 Å². The third-order valence-corrected chi connectivity index (χ3v) is 6.12. The number of hydrogen-bond acceptors (Lipinski definition) is 7. The van der Waals surface area contributed by atoms with E-state index in [0.717, 1.165) is 0 Å². The fourth-order valence-electron chi connectivity index (χ4n) is 3.88. The van der Waals surface area contributed by atoms with E-state index in [1.165, 1.54) is 7.11 Å². The van der Waals surface area contributed by atoms with Gasteiger partial charge in [-0.1, -0.05) is 30.9 Å². The van der Waals surface area contributed by atoms with Gasteiger partial charge in [0, 0.05) is 38.4 Å². The first-order chi connectivity index (χ1) is 17.3. The molecule has 2 amide bonds. The lowest BCUT2D eigenvalue weighted by atomic mass is 10.00. The molecule has 0 bridgehead atoms. The maximum Gasteiger partial charge on any atom is 0.259 e. The number of ether oxygens (including phenoxy) is 3. The molecule has 1 N–H and O–H groups in total. The van der Waals surface area contributed by atoms with Crippen LogP contribution in [0.4, 0.5) is 0 Å². The molecule has 2 aromatic rings. The van der Waals surface area contributed by atoms with Gasteiger partial charge >= 0.3 is 0 Å². The number of fused-ring (bicyclic) bond motifs is 1. The number of aliphatic hydroxyl groups is 1. The normalized spacial score (nSPS) is 18.1. The standard InChI is InChI=1S/C27H33N3O6/c1-18-14-30(19(2)16-31)27(33)22-12-20(10-11-21-8-6-7-9-23(21)35-5)13-28-26(22)36-24(18)15-29(3)25(32)17-34-4/h6-9,12-13,18-19,24,31H,14-17H2,1-5H3/t18-,19+,24-/m1/s1. The average Bonchev–Trinajstić information content (AvgIpc) is 2.89. The first-order valence-corrected chi connectivity index (χ1v) is 11.8. The van der Waals surface area contributed by atoms with Gasteiger partial charge in [0.15, 0.2) is 0 Å². The van der Waals surface area contributed by atoms with Gasteiger partial charge in [0.2, 0.25) is 11.8 Å². The maximum atomic E-state index is 13.5. The monoisotopic (exact) mass is 495 g/mol. The summed E-state index contributed by atoms with van der Waals surface area (Å²) in [5.74, 6) is 6.31. The Balaban J connectivity index is 1.98. The molecule has 3 atom stereocenters. The number of benzene rings is 1. The summed E-state index contributed by atoms with van der Waals surface area (Å²) < 4.78 is 16.5. The van der Waals surface area contributed by atoms with Crippen LogP contribution in [0, 0.1) is 17.8 Å². The number of pyridine rings is 1. The van der Waals surface area contributed by atoms with Crippen LogP contribution in [-0.4, -0.2) is 91.4 Å². The Bertz CT molecular complexity index is 1140. The number of carbonyl (C=O) groups is 2. The molecule has 0 aliphatic carbocycles. The lowest BCUT2D eigenvalue weighted by molar-refractivity contribution is -0.135. The molecule has 0 spiro atoms. The van der Waals surface area contributed by atoms with Crippen LogP contribution in [0.2, 0.25) is 0 Å². The summed E-state index contributed by atoms with van der Waals surface area (Å²) in [6.45, 7) is 4.14. The van der Waals surface area contributed by atoms with Crippen molar-refractivity contribution in [1.29, 1.82) is 0 Å². The molecule has 0 saturated carbocycles. The van der Waals surface area contributed by atoms with Crippen LogP contribution >= 0.6 is 0 Å². The number of para-hydroxylation sites is 1. The van der Waals surface area contributed by atoms with Gasteiger partial charge in [-0.2, -0.15) is 0 Å². The quantitative estimate of drug-likeness (QED) is 0.585. The van der Waals surface area contributed by atoms with Crippen LogP contribution in [0.3, 0.4) is 0 Å². The molecule has 0 saturated heterocycles. The Hall–Kier alpha value is -3.61. The predicted octanol–water partition coefficient (Wildman–Crippen LogP) is 1.81. The second-order valence-electron chi connectivity index (χ2n) is 8.86. The zero-order chi connectivity index (χ0) is 26.2. The summed E-state index contributed by atoms with van der Waals surface area (Å²) in [6, 6.07) is 8.64. The van der Waals surface area contributed by atoms with Crippen molar-refractivity contribution in [2.45, 2.75) is 26.0 Å². The van der Waals surface area contributed by atoms with Crippen molar-refractivity contribution in [2.75, 3.05) is 47.6 Å². The Morgan fingerprint density at radius 2 is 2.08 bits per heavy atom. The third kappa shape index (κ3) is 6.33. The van der Waals surface area contributed by atoms with Gasteiger partial charge in [-0.25, -0.2) is 4.98 Å². The largest absolute Gasteiger partial charge is 0.495 e. The number of nitrogens with zero attached hydrogens (tertiary/aromatic N) is 3. The summed E-state index contributed by atoms with van der Waals surface area (Å²) in [7, 11) is 4.73. The zero-order valence-corrected chi connectivity index (χ0v) is 21.4. The van der Waals surface area contributed by atoms with E-state index in [1.807, 2.05) is 31.2 Å². The van der Waals surface area contributed by atoms with Crippen LogP contribution in [0.1, 0.15) is 35.3 Å². The minimum atomic E-state index is -0.436. The van der Waals surface area contributed by atoms with Gasteiger partial charge in [0.05, 0.1) is 31.9 Å². The van der Waals surface area contributed by atoms with E-state index in [2.05, 4.69) is 16.8 Å². The topological polar surface area (TPSA) is 101 Å². The SMILES string of the molecule is COCC(=O)N(C)C[C@H]1Oc2ncc(C#Cc3ccccc3OC)cc2C(=O)N([C@@H](C)CO)C[C@H]1C. The van der Waals surface area contributed by atoms with Gasteiger partial charge in [-0.15, -0.1) is 0 Å². The number of amides is 2. The second kappa shape index (κ2) is 12.4. The maximum absolute atomic E-state index is 13.5. The molecule has 0 radical (unpaired) electrons. The van der Waals surface area contributed by atoms with Crippen LogP contribution in [0.15, 0.2) is 36.5 Å². The highest BCUT2D eigenvalue weighted by atomic mass is 16.5. The van der Waals surface area contributed by atoms with E-state index in [1.54, 1.807) is 43.1 Å². The molecule has 3 rings (SSSR count). The van der Waals surface area contributed by atoms with E-state index < -0.39 is 12.1 Å². The molecule has 192 valence electrons. The minimum absolute atomic E-state index is 0.0349. The molecule has 9 nitrogen and oxygen atoms in total. The number of aliphatic hydroxyl groups excluding tert-OH is 1. The fraction of sp³-hybridized carbons (Fsp3) is 0.444. The van der Waals surface area contributed by atoms with Gasteiger partial charge in [-0.05, 0) is 25.1 Å². The highest BCUT2D eigenvalue weighted by Crippen LogP contribution is 2.27. The van der Waals surface area contributed by atoms with Crippen LogP contribution in [0.5, 0.6) is 11.6 Å². The summed E-state index contributed by atoms with van der Waals surface area (Å²) in [6.07, 6.45) is 1.12. The van der Waals surface area contributed by atoms with Crippen molar-refractivity contribution in [3.63, 3.8) is 0 Å². The minimum Gasteiger partial charge on any atom is -0.495 e. The van der Waals surface area contributed by atoms with Gasteiger partial charge < -0.3 is 29.1 Å². The first kappa shape index (κ1) is 27.0. The van der Waals surface area contributed by atoms with E-state index >= 15 is 0 Å². The molecular formula is C27H33N3O6. The van der Waals surface area contributed by atoms with Crippen molar-refractivity contribution in [3.05, 3.63) is 53.2 Å². The zero-order valence-electron chi connectivity index (χ0n) is 21.4. The van der Waals surface area contributed by atoms with Crippen molar-refractivity contribution in [3.8, 4) is 23.5 Å². The van der Waals surface area contributed by atoms with E-state index in [0.29, 0.717) is 23.4 Å². The Morgan fingerprint density at radius 3 is 2.78 bits per heavy atom. The molecule has 9 heteroatoms. The summed E-state index contributed by atoms with van der Waals surface area (Å²) >= 11 is 0. The number of carbonyl (C=O) groups excluding carboxylic acids is 2. The second-order valence-corrected chi connectivity index (χ2v) is 8.86. The highest BCUT2D eigenvalue weighted by Gasteiger charge is 2.34. The average molecular weight is 496 g/mol. The summed E-state index contributed by atoms with van der Waals surface area (Å²) in [5.41, 5.74) is 1.50. The van der Waals surface area contributed by atoms with E-state index in [4.69, 9.17) is 14.2 Å². The van der Waals surface area contributed by atoms with Crippen molar-refractivity contribution in [2.24, 2.45) is 5.92 Å². The highest BCUT2D eigenvalue weighted by molar-refractivity contribution is 5.97. The number of likely N-dealkylation sites (N-methyl/N-ethyl adjacent to an activating group) is 1. The number of hydrogen-bond donors (Lipinski definition) is 1. The molecule has 0 unspecified atom stereocenters. The molecule has 1 aromatic heterocycles. The number of methoxy groups -OCH3 is 2. The van der Waals surface area contributed by atoms with E-state index in [9.17, 15) is 14.7 Å². The van der Waals surface area contributed by atoms with Gasteiger partial charge in [0.1, 0.15) is 24.0 Å². The Labute approximate surface area is 212 Å². The molecule has 2 heterocycles. The molecule has 1 aromatic carbocycles. The van der Waals surface area contributed by atoms with Crippen molar-refractivity contribution in [1.82, 2.24) is 14.8 Å². The van der Waals surface area contributed by atoms with Gasteiger partial charge in [-0.3, -0.25) is 9.59 Å². The molecular weight excluding hydrogens is 462 g/mol. The predicted molar refractivity (Wildman–Crippen MR) is 134 cm³/mol. The van der Waals surface area contributed by atoms with Crippen LogP contribution in [-0.2, 0) is 9.53 Å². The van der Waals surface area contributed by atoms with Crippen molar-refractivity contribution >= 4 is 11.8 Å². The summed E-state index contributed by atoms with van der Waals surface area (Å²) in [5, 5.41) is 9.82. The molecule has 1 aliphatic heterocycles. The summed E-state index contributed by atoms with van der Waals surface area (Å²) in [4.78, 5) is 33.4. The molecule has 0 fully saturated rings. The Morgan fingerprint density at radius 1 is 1.33 bits per heavy atom. The lowest BCUT2D eigenvalue weighted by Gasteiger charge is -2.37. The number of rotatable bonds is 7. The lowest BCUT2D eigenvalue weighted by Crippen LogP contribution is -2.50. The van der Waals surface area contributed by atoms with Gasteiger partial charge in [0.25, 0.3) is 5.91 Å². The smallest absolute Gasteiger partial charge is 0.259 e. The van der Waals surface area contributed by atoms with E-state index in [-0.39, 0.29) is 48.9 Å². The molecule has 1 aliphatic rings. The first-order valence-electron chi connectivity index (χ1n) is 11.8. The Kier molecular flexibility index (Phi) is 9.28. The molecule has 36 heavy (non-hydrogen) atoms. The number of aromatic nitrogens is 1. The fourth-order valence-corrected chi connectivity index (χ4v) is 3.88.